The number of hydrogen-bond donors (Lipinski definition) is 0. The molecule has 5 nitrogen and oxygen atoms in total. The Balaban J connectivity index is 1.89. The molecule has 2 rings (SSSR count). The summed E-state index contributed by atoms with van der Waals surface area (Å²) in [5, 5.41) is 0. The Morgan fingerprint density at radius 2 is 2.15 bits per heavy atom. The summed E-state index contributed by atoms with van der Waals surface area (Å²) in [7, 11) is 0. The van der Waals surface area contributed by atoms with E-state index in [2.05, 4.69) is 0 Å². The van der Waals surface area contributed by atoms with Crippen LogP contribution in [-0.2, 0) is 20.9 Å². The Labute approximate surface area is 118 Å². The molecule has 0 aromatic heterocycles. The molecule has 1 aliphatic rings. The SMILES string of the molecule is CCCC[C@H]1C(=O)OCN1C(=O)OCc1ccccc1. The van der Waals surface area contributed by atoms with Crippen LogP contribution in [0.4, 0.5) is 4.79 Å². The monoisotopic (exact) mass is 277 g/mol. The molecule has 0 radical (unpaired) electrons. The molecule has 0 N–H and O–H groups in total. The number of esters is 1. The third-order valence-corrected chi connectivity index (χ3v) is 3.26. The van der Waals surface area contributed by atoms with E-state index in [4.69, 9.17) is 9.47 Å². The molecule has 1 aromatic carbocycles. The van der Waals surface area contributed by atoms with E-state index in [9.17, 15) is 9.59 Å². The second-order valence-electron chi connectivity index (χ2n) is 4.76. The van der Waals surface area contributed by atoms with E-state index < -0.39 is 12.1 Å². The number of carbonyl (C=O) groups excluding carboxylic acids is 2. The lowest BCUT2D eigenvalue weighted by molar-refractivity contribution is -0.139. The zero-order valence-electron chi connectivity index (χ0n) is 11.6. The minimum atomic E-state index is -0.502. The van der Waals surface area contributed by atoms with Crippen LogP contribution in [0.3, 0.4) is 0 Å². The largest absolute Gasteiger partial charge is 0.444 e. The van der Waals surface area contributed by atoms with E-state index in [-0.39, 0.29) is 19.3 Å². The molecule has 1 saturated heterocycles. The molecule has 0 aliphatic carbocycles. The van der Waals surface area contributed by atoms with Gasteiger partial charge in [0.15, 0.2) is 6.73 Å². The highest BCUT2D eigenvalue weighted by atomic mass is 16.6. The average molecular weight is 277 g/mol. The molecular formula is C15H19NO4. The van der Waals surface area contributed by atoms with Crippen molar-refractivity contribution in [3.8, 4) is 0 Å². The lowest BCUT2D eigenvalue weighted by Gasteiger charge is -2.19. The standard InChI is InChI=1S/C15H19NO4/c1-2-3-9-13-14(17)20-11-16(13)15(18)19-10-12-7-5-4-6-8-12/h4-8,13H,2-3,9-11H2,1H3/t13-/m0/s1. The lowest BCUT2D eigenvalue weighted by atomic mass is 10.1. The van der Waals surface area contributed by atoms with E-state index in [0.29, 0.717) is 6.42 Å². The van der Waals surface area contributed by atoms with Gasteiger partial charge in [-0.2, -0.15) is 0 Å². The first kappa shape index (κ1) is 14.4. The first-order valence-corrected chi connectivity index (χ1v) is 6.86. The zero-order valence-corrected chi connectivity index (χ0v) is 11.6. The number of rotatable bonds is 5. The van der Waals surface area contributed by atoms with Gasteiger partial charge in [0.2, 0.25) is 0 Å². The Bertz CT molecular complexity index is 460. The van der Waals surface area contributed by atoms with E-state index in [1.165, 1.54) is 4.90 Å². The Morgan fingerprint density at radius 3 is 2.85 bits per heavy atom. The normalized spacial score (nSPS) is 17.9. The highest BCUT2D eigenvalue weighted by molar-refractivity contribution is 5.83. The molecule has 20 heavy (non-hydrogen) atoms. The van der Waals surface area contributed by atoms with Gasteiger partial charge in [-0.3, -0.25) is 4.90 Å². The topological polar surface area (TPSA) is 55.8 Å². The van der Waals surface area contributed by atoms with Gasteiger partial charge in [0, 0.05) is 0 Å². The van der Waals surface area contributed by atoms with Crippen molar-refractivity contribution in [1.82, 2.24) is 4.90 Å². The van der Waals surface area contributed by atoms with E-state index in [1.54, 1.807) is 0 Å². The van der Waals surface area contributed by atoms with Crippen molar-refractivity contribution in [2.45, 2.75) is 38.8 Å². The van der Waals surface area contributed by atoms with Crippen molar-refractivity contribution >= 4 is 12.1 Å². The van der Waals surface area contributed by atoms with Crippen molar-refractivity contribution in [2.75, 3.05) is 6.73 Å². The van der Waals surface area contributed by atoms with Gasteiger partial charge in [-0.15, -0.1) is 0 Å². The van der Waals surface area contributed by atoms with Crippen LogP contribution in [0.2, 0.25) is 0 Å². The number of nitrogens with zero attached hydrogens (tertiary/aromatic N) is 1. The maximum absolute atomic E-state index is 12.0. The quantitative estimate of drug-likeness (QED) is 0.776. The van der Waals surface area contributed by atoms with Gasteiger partial charge in [-0.05, 0) is 12.0 Å². The predicted molar refractivity (Wildman–Crippen MR) is 72.7 cm³/mol. The van der Waals surface area contributed by atoms with Crippen LogP contribution in [0.15, 0.2) is 30.3 Å². The summed E-state index contributed by atoms with van der Waals surface area (Å²) in [5.74, 6) is -0.338. The molecular weight excluding hydrogens is 258 g/mol. The third kappa shape index (κ3) is 3.50. The summed E-state index contributed by atoms with van der Waals surface area (Å²) in [6, 6.07) is 8.93. The summed E-state index contributed by atoms with van der Waals surface area (Å²) < 4.78 is 10.2. The molecule has 0 unspecified atom stereocenters. The van der Waals surface area contributed by atoms with Gasteiger partial charge >= 0.3 is 12.1 Å². The Kier molecular flexibility index (Phi) is 4.98. The summed E-state index contributed by atoms with van der Waals surface area (Å²) in [6.45, 7) is 2.23. The van der Waals surface area contributed by atoms with Crippen molar-refractivity contribution in [2.24, 2.45) is 0 Å². The molecule has 0 saturated carbocycles. The number of benzene rings is 1. The Morgan fingerprint density at radius 1 is 1.40 bits per heavy atom. The van der Waals surface area contributed by atoms with Gasteiger partial charge in [-0.25, -0.2) is 9.59 Å². The van der Waals surface area contributed by atoms with Crippen molar-refractivity contribution in [3.63, 3.8) is 0 Å². The fourth-order valence-electron chi connectivity index (χ4n) is 2.10. The molecule has 5 heteroatoms. The number of hydrogen-bond acceptors (Lipinski definition) is 4. The number of ether oxygens (including phenoxy) is 2. The molecule has 1 amide bonds. The predicted octanol–water partition coefficient (Wildman–Crippen LogP) is 2.70. The fourth-order valence-corrected chi connectivity index (χ4v) is 2.10. The molecule has 1 heterocycles. The van der Waals surface area contributed by atoms with Crippen LogP contribution in [0.5, 0.6) is 0 Å². The van der Waals surface area contributed by atoms with Gasteiger partial charge in [0.25, 0.3) is 0 Å². The van der Waals surface area contributed by atoms with Crippen molar-refractivity contribution < 1.29 is 19.1 Å². The number of cyclic esters (lactones) is 1. The molecule has 108 valence electrons. The molecule has 1 fully saturated rings. The van der Waals surface area contributed by atoms with Gasteiger partial charge in [-0.1, -0.05) is 50.1 Å². The van der Waals surface area contributed by atoms with Gasteiger partial charge in [0.05, 0.1) is 0 Å². The number of carbonyl (C=O) groups is 2. The van der Waals surface area contributed by atoms with E-state index in [1.807, 2.05) is 37.3 Å². The van der Waals surface area contributed by atoms with Gasteiger partial charge < -0.3 is 9.47 Å². The summed E-state index contributed by atoms with van der Waals surface area (Å²) in [6.07, 6.45) is 1.97. The lowest BCUT2D eigenvalue weighted by Crippen LogP contribution is -2.38. The molecule has 1 atom stereocenters. The average Bonchev–Trinajstić information content (AvgIpc) is 2.85. The third-order valence-electron chi connectivity index (χ3n) is 3.26. The molecule has 1 aromatic rings. The highest BCUT2D eigenvalue weighted by Crippen LogP contribution is 2.18. The highest BCUT2D eigenvalue weighted by Gasteiger charge is 2.38. The van der Waals surface area contributed by atoms with Crippen LogP contribution in [0, 0.1) is 0 Å². The maximum atomic E-state index is 12.0. The fraction of sp³-hybridized carbons (Fsp3) is 0.467. The summed E-state index contributed by atoms with van der Waals surface area (Å²) >= 11 is 0. The Hall–Kier alpha value is -2.04. The van der Waals surface area contributed by atoms with Crippen LogP contribution in [0.1, 0.15) is 31.7 Å². The summed E-state index contributed by atoms with van der Waals surface area (Å²) in [4.78, 5) is 25.0. The zero-order chi connectivity index (χ0) is 14.4. The second kappa shape index (κ2) is 6.93. The van der Waals surface area contributed by atoms with Crippen LogP contribution < -0.4 is 0 Å². The van der Waals surface area contributed by atoms with Crippen molar-refractivity contribution in [3.05, 3.63) is 35.9 Å². The minimum Gasteiger partial charge on any atom is -0.444 e. The minimum absolute atomic E-state index is 0.0131. The summed E-state index contributed by atoms with van der Waals surface area (Å²) in [5.41, 5.74) is 0.914. The van der Waals surface area contributed by atoms with E-state index in [0.717, 1.165) is 18.4 Å². The molecule has 1 aliphatic heterocycles. The second-order valence-corrected chi connectivity index (χ2v) is 4.76. The van der Waals surface area contributed by atoms with Crippen molar-refractivity contribution in [1.29, 1.82) is 0 Å². The number of unbranched alkanes of at least 4 members (excludes halogenated alkanes) is 1. The smallest absolute Gasteiger partial charge is 0.413 e. The first-order valence-electron chi connectivity index (χ1n) is 6.86. The maximum Gasteiger partial charge on any atom is 0.413 e. The van der Waals surface area contributed by atoms with Crippen LogP contribution >= 0.6 is 0 Å². The molecule has 0 spiro atoms. The van der Waals surface area contributed by atoms with Crippen LogP contribution in [-0.4, -0.2) is 29.7 Å². The van der Waals surface area contributed by atoms with E-state index >= 15 is 0 Å². The van der Waals surface area contributed by atoms with Gasteiger partial charge in [0.1, 0.15) is 12.6 Å². The molecule has 0 bridgehead atoms. The first-order chi connectivity index (χ1) is 9.72. The number of amides is 1. The van der Waals surface area contributed by atoms with Crippen LogP contribution in [0.25, 0.3) is 0 Å².